The molecule has 1 unspecified atom stereocenters. The maximum Gasteiger partial charge on any atom is 0.0704 e. The van der Waals surface area contributed by atoms with Crippen molar-refractivity contribution in [3.63, 3.8) is 0 Å². The molecule has 1 atom stereocenters. The van der Waals surface area contributed by atoms with Gasteiger partial charge in [0.05, 0.1) is 32.5 Å². The van der Waals surface area contributed by atoms with E-state index in [0.29, 0.717) is 32.5 Å². The fraction of sp³-hybridized carbons (Fsp3) is 1.00. The van der Waals surface area contributed by atoms with Gasteiger partial charge in [0.1, 0.15) is 0 Å². The van der Waals surface area contributed by atoms with Crippen LogP contribution in [0.5, 0.6) is 0 Å². The van der Waals surface area contributed by atoms with Crippen LogP contribution in [-0.2, 0) is 14.2 Å². The van der Waals surface area contributed by atoms with Gasteiger partial charge in [0, 0.05) is 13.7 Å². The maximum absolute atomic E-state index is 5.63. The van der Waals surface area contributed by atoms with Gasteiger partial charge in [0.15, 0.2) is 0 Å². The number of methoxy groups -OCH3 is 1. The smallest absolute Gasteiger partial charge is 0.0704 e. The molecule has 1 aliphatic heterocycles. The fourth-order valence-corrected chi connectivity index (χ4v) is 1.48. The molecular weight excluding hydrogens is 218 g/mol. The van der Waals surface area contributed by atoms with Gasteiger partial charge in [0.2, 0.25) is 0 Å². The minimum Gasteiger partial charge on any atom is -0.382 e. The molecule has 1 N–H and O–H groups in total. The highest BCUT2D eigenvalue weighted by Gasteiger charge is 2.12. The number of hydrogen-bond donors (Lipinski definition) is 1. The van der Waals surface area contributed by atoms with Crippen LogP contribution in [0.25, 0.3) is 0 Å². The third-order valence-corrected chi connectivity index (χ3v) is 2.26. The van der Waals surface area contributed by atoms with Crippen molar-refractivity contribution >= 4 is 12.4 Å². The Labute approximate surface area is 98.1 Å². The van der Waals surface area contributed by atoms with E-state index in [4.69, 9.17) is 14.2 Å². The molecule has 4 nitrogen and oxygen atoms in total. The summed E-state index contributed by atoms with van der Waals surface area (Å²) in [5.74, 6) is 0. The summed E-state index contributed by atoms with van der Waals surface area (Å²) in [6.45, 7) is 4.78. The Bertz CT molecular complexity index is 132. The zero-order valence-electron chi connectivity index (χ0n) is 9.37. The van der Waals surface area contributed by atoms with Gasteiger partial charge in [-0.1, -0.05) is 0 Å². The van der Waals surface area contributed by atoms with Crippen molar-refractivity contribution in [2.45, 2.75) is 18.9 Å². The second-order valence-electron chi connectivity index (χ2n) is 3.44. The number of halogens is 1. The lowest BCUT2D eigenvalue weighted by Gasteiger charge is -2.22. The minimum absolute atomic E-state index is 0. The van der Waals surface area contributed by atoms with E-state index in [1.165, 1.54) is 12.8 Å². The van der Waals surface area contributed by atoms with Crippen LogP contribution in [0.15, 0.2) is 0 Å². The summed E-state index contributed by atoms with van der Waals surface area (Å²) in [6.07, 6.45) is 2.77. The summed E-state index contributed by atoms with van der Waals surface area (Å²) >= 11 is 0. The molecule has 0 aliphatic carbocycles. The first-order valence-corrected chi connectivity index (χ1v) is 5.32. The normalized spacial score (nSPS) is 21.0. The van der Waals surface area contributed by atoms with E-state index >= 15 is 0 Å². The first kappa shape index (κ1) is 15.1. The fourth-order valence-electron chi connectivity index (χ4n) is 1.48. The lowest BCUT2D eigenvalue weighted by molar-refractivity contribution is -0.0134. The van der Waals surface area contributed by atoms with Crippen LogP contribution < -0.4 is 5.32 Å². The number of piperidine rings is 1. The Balaban J connectivity index is 0.00000196. The van der Waals surface area contributed by atoms with Crippen LogP contribution in [0.3, 0.4) is 0 Å². The van der Waals surface area contributed by atoms with Crippen LogP contribution in [0, 0.1) is 0 Å². The van der Waals surface area contributed by atoms with Crippen molar-refractivity contribution in [3.8, 4) is 0 Å². The summed E-state index contributed by atoms with van der Waals surface area (Å²) < 4.78 is 15.8. The van der Waals surface area contributed by atoms with Gasteiger partial charge in [-0.05, 0) is 19.4 Å². The van der Waals surface area contributed by atoms with Crippen LogP contribution in [0.4, 0.5) is 0 Å². The molecular formula is C10H22ClNO3. The molecule has 0 saturated carbocycles. The summed E-state index contributed by atoms with van der Waals surface area (Å²) in [6, 6.07) is 0. The summed E-state index contributed by atoms with van der Waals surface area (Å²) in [5.41, 5.74) is 0. The molecule has 0 bridgehead atoms. The maximum atomic E-state index is 5.63. The lowest BCUT2D eigenvalue weighted by Crippen LogP contribution is -2.35. The van der Waals surface area contributed by atoms with Crippen molar-refractivity contribution < 1.29 is 14.2 Å². The summed E-state index contributed by atoms with van der Waals surface area (Å²) in [4.78, 5) is 0. The second-order valence-corrected chi connectivity index (χ2v) is 3.44. The highest BCUT2D eigenvalue weighted by molar-refractivity contribution is 5.85. The van der Waals surface area contributed by atoms with Gasteiger partial charge >= 0.3 is 0 Å². The van der Waals surface area contributed by atoms with E-state index in [9.17, 15) is 0 Å². The predicted molar refractivity (Wildman–Crippen MR) is 61.8 cm³/mol. The first-order valence-electron chi connectivity index (χ1n) is 5.32. The van der Waals surface area contributed by atoms with Crippen LogP contribution >= 0.6 is 12.4 Å². The van der Waals surface area contributed by atoms with Gasteiger partial charge in [-0.3, -0.25) is 0 Å². The molecule has 0 amide bonds. The third kappa shape index (κ3) is 7.99. The Morgan fingerprint density at radius 1 is 1.20 bits per heavy atom. The van der Waals surface area contributed by atoms with Gasteiger partial charge in [0.25, 0.3) is 0 Å². The molecule has 5 heteroatoms. The number of hydrogen-bond acceptors (Lipinski definition) is 4. The van der Waals surface area contributed by atoms with Crippen LogP contribution in [0.1, 0.15) is 12.8 Å². The van der Waals surface area contributed by atoms with E-state index in [-0.39, 0.29) is 12.4 Å². The topological polar surface area (TPSA) is 39.7 Å². The molecule has 1 fully saturated rings. The molecule has 0 aromatic rings. The van der Waals surface area contributed by atoms with Gasteiger partial charge in [-0.25, -0.2) is 0 Å². The number of nitrogens with one attached hydrogen (secondary N) is 1. The molecule has 1 heterocycles. The molecule has 0 spiro atoms. The first-order chi connectivity index (χ1) is 6.93. The van der Waals surface area contributed by atoms with Gasteiger partial charge < -0.3 is 19.5 Å². The monoisotopic (exact) mass is 239 g/mol. The second kappa shape index (κ2) is 10.6. The Hall–Kier alpha value is 0.130. The zero-order chi connectivity index (χ0) is 10.1. The molecule has 0 aromatic carbocycles. The molecule has 92 valence electrons. The van der Waals surface area contributed by atoms with Crippen molar-refractivity contribution in [1.29, 1.82) is 0 Å². The number of ether oxygens (including phenoxy) is 3. The van der Waals surface area contributed by atoms with Crippen LogP contribution in [-0.4, -0.2) is 52.7 Å². The molecule has 0 aromatic heterocycles. The van der Waals surface area contributed by atoms with E-state index in [1.54, 1.807) is 7.11 Å². The molecule has 1 rings (SSSR count). The molecule has 0 radical (unpaired) electrons. The van der Waals surface area contributed by atoms with Crippen LogP contribution in [0.2, 0.25) is 0 Å². The van der Waals surface area contributed by atoms with Gasteiger partial charge in [-0.2, -0.15) is 0 Å². The van der Waals surface area contributed by atoms with Crippen molar-refractivity contribution in [3.05, 3.63) is 0 Å². The summed E-state index contributed by atoms with van der Waals surface area (Å²) in [5, 5.41) is 3.31. The molecule has 1 aliphatic rings. The lowest BCUT2D eigenvalue weighted by atomic mass is 10.1. The highest BCUT2D eigenvalue weighted by atomic mass is 35.5. The highest BCUT2D eigenvalue weighted by Crippen LogP contribution is 2.05. The van der Waals surface area contributed by atoms with Crippen molar-refractivity contribution in [1.82, 2.24) is 5.32 Å². The SMILES string of the molecule is COCCOCCOC1CCCNC1.Cl. The minimum atomic E-state index is 0. The van der Waals surface area contributed by atoms with E-state index in [0.717, 1.165) is 13.1 Å². The van der Waals surface area contributed by atoms with E-state index in [2.05, 4.69) is 5.32 Å². The Morgan fingerprint density at radius 2 is 2.00 bits per heavy atom. The standard InChI is InChI=1S/C10H21NO3.ClH/c1-12-5-6-13-7-8-14-10-3-2-4-11-9-10;/h10-11H,2-9H2,1H3;1H. The predicted octanol–water partition coefficient (Wildman–Crippen LogP) is 0.840. The summed E-state index contributed by atoms with van der Waals surface area (Å²) in [7, 11) is 1.67. The van der Waals surface area contributed by atoms with E-state index in [1.807, 2.05) is 0 Å². The van der Waals surface area contributed by atoms with Gasteiger partial charge in [-0.15, -0.1) is 12.4 Å². The Kier molecular flexibility index (Phi) is 10.7. The van der Waals surface area contributed by atoms with E-state index < -0.39 is 0 Å². The molecule has 15 heavy (non-hydrogen) atoms. The zero-order valence-corrected chi connectivity index (χ0v) is 10.2. The number of rotatable bonds is 7. The average molecular weight is 240 g/mol. The Morgan fingerprint density at radius 3 is 2.67 bits per heavy atom. The average Bonchev–Trinajstić information content (AvgIpc) is 2.25. The molecule has 1 saturated heterocycles. The third-order valence-electron chi connectivity index (χ3n) is 2.26. The van der Waals surface area contributed by atoms with Crippen molar-refractivity contribution in [2.75, 3.05) is 46.6 Å². The van der Waals surface area contributed by atoms with Crippen molar-refractivity contribution in [2.24, 2.45) is 0 Å². The largest absolute Gasteiger partial charge is 0.382 e. The quantitative estimate of drug-likeness (QED) is 0.669.